The smallest absolute Gasteiger partial charge is 0.326 e. The molecule has 1 aromatic heterocycles. The third-order valence-corrected chi connectivity index (χ3v) is 4.93. The van der Waals surface area contributed by atoms with Crippen molar-refractivity contribution in [3.05, 3.63) is 64.3 Å². The Balaban J connectivity index is 0.000000353. The van der Waals surface area contributed by atoms with Gasteiger partial charge in [-0.25, -0.2) is 4.79 Å². The lowest BCUT2D eigenvalue weighted by atomic mass is 10.1. The number of pyridine rings is 1. The molecule has 6 nitrogen and oxygen atoms in total. The normalized spacial score (nSPS) is 12.1. The van der Waals surface area contributed by atoms with Crippen LogP contribution in [0.15, 0.2) is 48.7 Å². The minimum Gasteiger partial charge on any atom is -0.466 e. The van der Waals surface area contributed by atoms with E-state index in [9.17, 15) is 9.59 Å². The first-order valence-electron chi connectivity index (χ1n) is 8.94. The van der Waals surface area contributed by atoms with E-state index in [2.05, 4.69) is 15.0 Å². The summed E-state index contributed by atoms with van der Waals surface area (Å²) in [6, 6.07) is 12.7. The first-order chi connectivity index (χ1) is 13.9. The Morgan fingerprint density at radius 3 is 2.62 bits per heavy atom. The molecule has 0 atom stereocenters. The van der Waals surface area contributed by atoms with Crippen LogP contribution in [0.25, 0.3) is 10.9 Å². The number of aromatic nitrogens is 1. The van der Waals surface area contributed by atoms with Gasteiger partial charge in [-0.2, -0.15) is 0 Å². The highest BCUT2D eigenvalue weighted by Crippen LogP contribution is 2.36. The van der Waals surface area contributed by atoms with Crippen LogP contribution in [0.3, 0.4) is 0 Å². The van der Waals surface area contributed by atoms with E-state index >= 15 is 0 Å². The number of nitrogens with zero attached hydrogens (tertiary/aromatic N) is 2. The van der Waals surface area contributed by atoms with Crippen LogP contribution in [0.2, 0.25) is 10.0 Å². The fourth-order valence-electron chi connectivity index (χ4n) is 2.99. The highest BCUT2D eigenvalue weighted by Gasteiger charge is 2.25. The topological polar surface area (TPSA) is 71.5 Å². The molecule has 0 saturated heterocycles. The van der Waals surface area contributed by atoms with Gasteiger partial charge in [0.05, 0.1) is 40.1 Å². The van der Waals surface area contributed by atoms with Crippen molar-refractivity contribution in [2.45, 2.75) is 20.4 Å². The van der Waals surface area contributed by atoms with Crippen LogP contribution in [0.5, 0.6) is 0 Å². The highest BCUT2D eigenvalue weighted by molar-refractivity contribution is 6.42. The van der Waals surface area contributed by atoms with Crippen LogP contribution in [0, 0.1) is 0 Å². The third-order valence-electron chi connectivity index (χ3n) is 4.19. The molecule has 0 aliphatic carbocycles. The molecule has 0 radical (unpaired) electrons. The quantitative estimate of drug-likeness (QED) is 0.542. The summed E-state index contributed by atoms with van der Waals surface area (Å²) >= 11 is 12.0. The summed E-state index contributed by atoms with van der Waals surface area (Å²) in [5.41, 5.74) is 3.36. The monoisotopic (exact) mass is 431 g/mol. The summed E-state index contributed by atoms with van der Waals surface area (Å²) in [6.07, 6.45) is 1.71. The Kier molecular flexibility index (Phi) is 6.56. The number of halogens is 2. The van der Waals surface area contributed by atoms with Gasteiger partial charge in [-0.1, -0.05) is 35.3 Å². The lowest BCUT2D eigenvalue weighted by molar-refractivity contribution is -0.140. The molecule has 1 aliphatic heterocycles. The number of nitrogens with one attached hydrogen (secondary N) is 1. The Labute approximate surface area is 178 Å². The Morgan fingerprint density at radius 2 is 1.97 bits per heavy atom. The number of carbonyl (C=O) groups excluding carboxylic acids is 2. The number of benzene rings is 2. The number of amides is 2. The number of rotatable bonds is 3. The van der Waals surface area contributed by atoms with Crippen molar-refractivity contribution < 1.29 is 14.3 Å². The average molecular weight is 432 g/mol. The second-order valence-electron chi connectivity index (χ2n) is 6.22. The molecule has 2 heterocycles. The van der Waals surface area contributed by atoms with Crippen molar-refractivity contribution in [2.24, 2.45) is 0 Å². The van der Waals surface area contributed by atoms with Gasteiger partial charge in [0.15, 0.2) is 0 Å². The fourth-order valence-corrected chi connectivity index (χ4v) is 3.31. The number of hydrogen-bond donors (Lipinski definition) is 1. The average Bonchev–Trinajstić information content (AvgIpc) is 2.68. The van der Waals surface area contributed by atoms with E-state index in [-0.39, 0.29) is 12.0 Å². The maximum Gasteiger partial charge on any atom is 0.326 e. The summed E-state index contributed by atoms with van der Waals surface area (Å²) in [5, 5.41) is 4.82. The zero-order valence-electron chi connectivity index (χ0n) is 15.9. The van der Waals surface area contributed by atoms with Gasteiger partial charge in [-0.15, -0.1) is 0 Å². The SMILES string of the molecule is CCOC(C)=O.O=C1Nc2cccc3nccc(c23)N1Cc1ccc(Cl)c(Cl)c1. The van der Waals surface area contributed by atoms with Crippen LogP contribution in [-0.2, 0) is 16.1 Å². The van der Waals surface area contributed by atoms with Crippen LogP contribution in [0.4, 0.5) is 16.2 Å². The molecule has 2 aromatic carbocycles. The molecule has 150 valence electrons. The van der Waals surface area contributed by atoms with Gasteiger partial charge in [0.1, 0.15) is 0 Å². The molecule has 8 heteroatoms. The molecule has 29 heavy (non-hydrogen) atoms. The molecule has 1 N–H and O–H groups in total. The van der Waals surface area contributed by atoms with E-state index in [4.69, 9.17) is 23.2 Å². The minimum atomic E-state index is -0.211. The molecule has 0 fully saturated rings. The van der Waals surface area contributed by atoms with E-state index < -0.39 is 0 Å². The van der Waals surface area contributed by atoms with Crippen molar-refractivity contribution in [1.29, 1.82) is 0 Å². The van der Waals surface area contributed by atoms with E-state index in [0.29, 0.717) is 23.2 Å². The van der Waals surface area contributed by atoms with Crippen molar-refractivity contribution in [1.82, 2.24) is 4.98 Å². The highest BCUT2D eigenvalue weighted by atomic mass is 35.5. The standard InChI is InChI=1S/C17H11Cl2N3O.C4H8O2/c18-11-5-4-10(8-12(11)19)9-22-15-6-7-20-13-2-1-3-14(16(13)15)21-17(22)23;1-3-6-4(2)5/h1-8H,9H2,(H,21,23);3H2,1-2H3. The predicted octanol–water partition coefficient (Wildman–Crippen LogP) is 5.66. The van der Waals surface area contributed by atoms with Crippen molar-refractivity contribution in [2.75, 3.05) is 16.8 Å². The maximum atomic E-state index is 12.5. The van der Waals surface area contributed by atoms with E-state index in [1.807, 2.05) is 30.3 Å². The molecule has 0 spiro atoms. The molecule has 0 saturated carbocycles. The number of urea groups is 1. The molecule has 2 amide bonds. The number of ether oxygens (including phenoxy) is 1. The maximum absolute atomic E-state index is 12.5. The second-order valence-corrected chi connectivity index (χ2v) is 7.03. The van der Waals surface area contributed by atoms with Crippen LogP contribution >= 0.6 is 23.2 Å². The van der Waals surface area contributed by atoms with Gasteiger partial charge in [-0.3, -0.25) is 14.7 Å². The number of hydrogen-bond acceptors (Lipinski definition) is 4. The van der Waals surface area contributed by atoms with Crippen molar-refractivity contribution in [3.63, 3.8) is 0 Å². The molecular formula is C21H19Cl2N3O3. The van der Waals surface area contributed by atoms with Gasteiger partial charge in [0.25, 0.3) is 0 Å². The summed E-state index contributed by atoms with van der Waals surface area (Å²) in [4.78, 5) is 28.3. The molecule has 3 aromatic rings. The molecule has 0 bridgehead atoms. The fraction of sp³-hybridized carbons (Fsp3) is 0.190. The summed E-state index contributed by atoms with van der Waals surface area (Å²) in [7, 11) is 0. The largest absolute Gasteiger partial charge is 0.466 e. The predicted molar refractivity (Wildman–Crippen MR) is 116 cm³/mol. The summed E-state index contributed by atoms with van der Waals surface area (Å²) in [5.74, 6) is -0.211. The van der Waals surface area contributed by atoms with Gasteiger partial charge < -0.3 is 10.1 Å². The zero-order chi connectivity index (χ0) is 21.0. The first-order valence-corrected chi connectivity index (χ1v) is 9.69. The molecule has 0 unspecified atom stereocenters. The molecule has 4 rings (SSSR count). The minimum absolute atomic E-state index is 0.178. The van der Waals surface area contributed by atoms with Gasteiger partial charge in [0.2, 0.25) is 0 Å². The zero-order valence-corrected chi connectivity index (χ0v) is 17.4. The Bertz CT molecular complexity index is 1070. The number of anilines is 2. The van der Waals surface area contributed by atoms with E-state index in [1.165, 1.54) is 6.92 Å². The summed E-state index contributed by atoms with van der Waals surface area (Å²) in [6.45, 7) is 4.05. The number of esters is 1. The summed E-state index contributed by atoms with van der Waals surface area (Å²) < 4.78 is 4.40. The van der Waals surface area contributed by atoms with Crippen LogP contribution in [-0.4, -0.2) is 23.6 Å². The third kappa shape index (κ3) is 4.78. The second kappa shape index (κ2) is 9.11. The first kappa shape index (κ1) is 20.9. The number of carbonyl (C=O) groups is 2. The van der Waals surface area contributed by atoms with Gasteiger partial charge >= 0.3 is 12.0 Å². The van der Waals surface area contributed by atoms with Crippen molar-refractivity contribution in [3.8, 4) is 0 Å². The molecule has 1 aliphatic rings. The van der Waals surface area contributed by atoms with Crippen LogP contribution < -0.4 is 10.2 Å². The van der Waals surface area contributed by atoms with E-state index in [1.54, 1.807) is 30.2 Å². The van der Waals surface area contributed by atoms with Gasteiger partial charge in [-0.05, 0) is 42.8 Å². The van der Waals surface area contributed by atoms with E-state index in [0.717, 1.165) is 27.8 Å². The lowest BCUT2D eigenvalue weighted by Crippen LogP contribution is -2.37. The van der Waals surface area contributed by atoms with Crippen molar-refractivity contribution >= 4 is 57.5 Å². The van der Waals surface area contributed by atoms with Crippen LogP contribution in [0.1, 0.15) is 19.4 Å². The Morgan fingerprint density at radius 1 is 1.17 bits per heavy atom. The lowest BCUT2D eigenvalue weighted by Gasteiger charge is -2.29. The molecular weight excluding hydrogens is 413 g/mol. The Hall–Kier alpha value is -2.83. The van der Waals surface area contributed by atoms with Gasteiger partial charge in [0, 0.05) is 18.5 Å².